The van der Waals surface area contributed by atoms with E-state index in [2.05, 4.69) is 121 Å². The van der Waals surface area contributed by atoms with E-state index in [-0.39, 0.29) is 0 Å². The molecule has 0 N–H and O–H groups in total. The van der Waals surface area contributed by atoms with Crippen LogP contribution in [0.3, 0.4) is 0 Å². The van der Waals surface area contributed by atoms with Crippen LogP contribution >= 0.6 is 8.58 Å². The topological polar surface area (TPSA) is 0 Å². The minimum Gasteiger partial charge on any atom is -0.0616 e. The van der Waals surface area contributed by atoms with Crippen LogP contribution in [-0.4, -0.2) is 0 Å². The van der Waals surface area contributed by atoms with Crippen LogP contribution in [0, 0.1) is 0 Å². The molecule has 0 saturated heterocycles. The van der Waals surface area contributed by atoms with Crippen molar-refractivity contribution in [3.8, 4) is 11.1 Å². The van der Waals surface area contributed by atoms with E-state index in [4.69, 9.17) is 0 Å². The Morgan fingerprint density at radius 1 is 0.457 bits per heavy atom. The molecule has 0 aromatic heterocycles. The van der Waals surface area contributed by atoms with E-state index < -0.39 is 0 Å². The second kappa shape index (κ2) is 8.49. The van der Waals surface area contributed by atoms with Crippen LogP contribution in [0.2, 0.25) is 0 Å². The molecule has 0 spiro atoms. The summed E-state index contributed by atoms with van der Waals surface area (Å²) in [5.74, 6) is 0. The third kappa shape index (κ3) is 3.95. The summed E-state index contributed by atoms with van der Waals surface area (Å²) in [5, 5.41) is 8.29. The van der Waals surface area contributed by atoms with Gasteiger partial charge in [0.1, 0.15) is 0 Å². The maximum atomic E-state index is 2.43. The first-order valence-electron chi connectivity index (χ1n) is 12.3. The van der Waals surface area contributed by atoms with Crippen LogP contribution in [0.4, 0.5) is 0 Å². The van der Waals surface area contributed by atoms with Gasteiger partial charge in [-0.3, -0.25) is 0 Å². The van der Waals surface area contributed by atoms with E-state index in [0.717, 1.165) is 21.4 Å². The Labute approximate surface area is 208 Å². The first-order valence-corrected chi connectivity index (χ1v) is 13.3. The molecule has 7 rings (SSSR count). The third-order valence-corrected chi connectivity index (χ3v) is 8.70. The Hall–Kier alpha value is -3.73. The van der Waals surface area contributed by atoms with Crippen LogP contribution < -0.4 is 10.6 Å². The fourth-order valence-electron chi connectivity index (χ4n) is 5.39. The molecule has 1 unspecified atom stereocenters. The fraction of sp³-hybridized carbons (Fsp3) is 0.0588. The smallest absolute Gasteiger partial charge is 0.00126 e. The molecule has 6 aromatic rings. The average Bonchev–Trinajstić information content (AvgIpc) is 2.90. The van der Waals surface area contributed by atoms with Crippen molar-refractivity contribution in [1.29, 1.82) is 0 Å². The summed E-state index contributed by atoms with van der Waals surface area (Å²) in [6.07, 6.45) is 1.97. The van der Waals surface area contributed by atoms with Gasteiger partial charge in [0.25, 0.3) is 0 Å². The van der Waals surface area contributed by atoms with Gasteiger partial charge in [-0.15, -0.1) is 0 Å². The van der Waals surface area contributed by atoms with Gasteiger partial charge in [-0.25, -0.2) is 0 Å². The Kier molecular flexibility index (Phi) is 5.00. The summed E-state index contributed by atoms with van der Waals surface area (Å²) in [5.41, 5.74) is 8.29. The summed E-state index contributed by atoms with van der Waals surface area (Å²) in [6.45, 7) is 0. The van der Waals surface area contributed by atoms with E-state index in [1.807, 2.05) is 0 Å². The van der Waals surface area contributed by atoms with Gasteiger partial charge in [0.05, 0.1) is 0 Å². The molecule has 166 valence electrons. The van der Waals surface area contributed by atoms with Crippen LogP contribution in [0.5, 0.6) is 0 Å². The summed E-state index contributed by atoms with van der Waals surface area (Å²) in [6, 6.07) is 45.1. The number of rotatable bonds is 3. The summed E-state index contributed by atoms with van der Waals surface area (Å²) in [7, 11) is 0.732. The van der Waals surface area contributed by atoms with Crippen molar-refractivity contribution >= 4 is 40.7 Å². The molecule has 0 fully saturated rings. The van der Waals surface area contributed by atoms with Gasteiger partial charge < -0.3 is 0 Å². The number of benzene rings is 6. The second-order valence-corrected chi connectivity index (χ2v) is 10.9. The molecule has 1 aliphatic rings. The average molecular weight is 465 g/mol. The summed E-state index contributed by atoms with van der Waals surface area (Å²) < 4.78 is 0. The van der Waals surface area contributed by atoms with E-state index in [9.17, 15) is 0 Å². The normalized spacial score (nSPS) is 13.1. The maximum Gasteiger partial charge on any atom is -0.00126 e. The molecule has 0 radical (unpaired) electrons. The van der Waals surface area contributed by atoms with E-state index in [1.54, 1.807) is 0 Å². The highest BCUT2D eigenvalue weighted by Gasteiger charge is 2.17. The molecule has 6 aromatic carbocycles. The van der Waals surface area contributed by atoms with Crippen molar-refractivity contribution in [3.05, 3.63) is 144 Å². The lowest BCUT2D eigenvalue weighted by molar-refractivity contribution is 1.20. The zero-order valence-electron chi connectivity index (χ0n) is 19.5. The molecule has 1 aliphatic heterocycles. The molecule has 1 heterocycles. The minimum atomic E-state index is 0.732. The van der Waals surface area contributed by atoms with Crippen LogP contribution in [0.1, 0.15) is 22.3 Å². The predicted octanol–water partition coefficient (Wildman–Crippen LogP) is 7.78. The molecule has 0 saturated carbocycles. The van der Waals surface area contributed by atoms with Gasteiger partial charge >= 0.3 is 0 Å². The van der Waals surface area contributed by atoms with Crippen molar-refractivity contribution in [2.24, 2.45) is 0 Å². The van der Waals surface area contributed by atoms with Crippen LogP contribution in [-0.2, 0) is 12.8 Å². The van der Waals surface area contributed by atoms with Crippen molar-refractivity contribution in [2.75, 3.05) is 0 Å². The first-order chi connectivity index (χ1) is 17.3. The monoisotopic (exact) mass is 464 g/mol. The highest BCUT2D eigenvalue weighted by Crippen LogP contribution is 2.31. The molecule has 35 heavy (non-hydrogen) atoms. The molecule has 1 atom stereocenters. The fourth-order valence-corrected chi connectivity index (χ4v) is 6.71. The molecular formula is C34H25P. The van der Waals surface area contributed by atoms with Crippen molar-refractivity contribution in [1.82, 2.24) is 0 Å². The van der Waals surface area contributed by atoms with E-state index in [1.165, 1.54) is 65.5 Å². The van der Waals surface area contributed by atoms with Crippen molar-refractivity contribution in [2.45, 2.75) is 12.8 Å². The largest absolute Gasteiger partial charge is 0.0616 e. The Morgan fingerprint density at radius 2 is 1.14 bits per heavy atom. The van der Waals surface area contributed by atoms with Crippen LogP contribution in [0.25, 0.3) is 32.7 Å². The second-order valence-electron chi connectivity index (χ2n) is 9.59. The summed E-state index contributed by atoms with van der Waals surface area (Å²) >= 11 is 0. The van der Waals surface area contributed by atoms with Crippen molar-refractivity contribution in [3.63, 3.8) is 0 Å². The molecule has 0 bridgehead atoms. The lowest BCUT2D eigenvalue weighted by Crippen LogP contribution is -2.20. The maximum absolute atomic E-state index is 2.43. The minimum absolute atomic E-state index is 0.732. The molecule has 0 aliphatic carbocycles. The lowest BCUT2D eigenvalue weighted by atomic mass is 9.95. The predicted molar refractivity (Wildman–Crippen MR) is 153 cm³/mol. The first kappa shape index (κ1) is 20.6. The van der Waals surface area contributed by atoms with E-state index in [0.29, 0.717) is 0 Å². The van der Waals surface area contributed by atoms with Gasteiger partial charge in [0, 0.05) is 0 Å². The number of hydrogen-bond acceptors (Lipinski definition) is 0. The van der Waals surface area contributed by atoms with Crippen molar-refractivity contribution < 1.29 is 0 Å². The molecular weight excluding hydrogens is 439 g/mol. The van der Waals surface area contributed by atoms with Gasteiger partial charge in [-0.1, -0.05) is 124 Å². The molecule has 0 amide bonds. The number of hydrogen-bond donors (Lipinski definition) is 0. The van der Waals surface area contributed by atoms with Gasteiger partial charge in [-0.2, -0.15) is 0 Å². The standard InChI is InChI=1S/C34H25P/c1-2-8-26-18-24(12-13-25(26)7-1)16-23-6-5-11-27(17-23)30-14-15-33-31(20-30)21-32-19-28-9-3-4-10-29(28)22-34(32)35-33/h1-15,17-20,22,35H,16,21H2. The quantitative estimate of drug-likeness (QED) is 0.234. The Bertz CT molecular complexity index is 1730. The Morgan fingerprint density at radius 3 is 2.00 bits per heavy atom. The van der Waals surface area contributed by atoms with E-state index >= 15 is 0 Å². The zero-order valence-corrected chi connectivity index (χ0v) is 20.5. The SMILES string of the molecule is c1cc(Cc2ccc3ccccc3c2)cc(-c2ccc3c(c2)Cc2cc4ccccc4cc2P3)c1. The van der Waals surface area contributed by atoms with Gasteiger partial charge in [0.15, 0.2) is 0 Å². The Balaban J connectivity index is 1.19. The molecule has 0 nitrogen and oxygen atoms in total. The van der Waals surface area contributed by atoms with Gasteiger partial charge in [-0.05, 0) is 84.4 Å². The number of fused-ring (bicyclic) bond motifs is 4. The lowest BCUT2D eigenvalue weighted by Gasteiger charge is -2.21. The highest BCUT2D eigenvalue weighted by atomic mass is 31.1. The van der Waals surface area contributed by atoms with Crippen LogP contribution in [0.15, 0.2) is 121 Å². The molecule has 1 heteroatoms. The third-order valence-electron chi connectivity index (χ3n) is 7.21. The summed E-state index contributed by atoms with van der Waals surface area (Å²) in [4.78, 5) is 0. The van der Waals surface area contributed by atoms with Gasteiger partial charge in [0.2, 0.25) is 0 Å². The highest BCUT2D eigenvalue weighted by molar-refractivity contribution is 7.56. The zero-order chi connectivity index (χ0) is 23.2.